The van der Waals surface area contributed by atoms with E-state index < -0.39 is 24.3 Å². The second-order valence-corrected chi connectivity index (χ2v) is 4.42. The lowest BCUT2D eigenvalue weighted by Crippen LogP contribution is -2.16. The lowest BCUT2D eigenvalue weighted by molar-refractivity contribution is -0.145. The first-order valence-electron chi connectivity index (χ1n) is 6.78. The Kier molecular flexibility index (Phi) is 9.07. The monoisotopic (exact) mass is 286 g/mol. The number of carboxylic acids is 2. The minimum absolute atomic E-state index is 0.135. The third-order valence-corrected chi connectivity index (χ3v) is 2.74. The third kappa shape index (κ3) is 6.92. The number of hydrogen-bond donors (Lipinski definition) is 2. The van der Waals surface area contributed by atoms with Gasteiger partial charge >= 0.3 is 17.9 Å². The van der Waals surface area contributed by atoms with E-state index in [1.807, 2.05) is 13.8 Å². The van der Waals surface area contributed by atoms with Gasteiger partial charge in [-0.25, -0.2) is 9.59 Å². The van der Waals surface area contributed by atoms with Crippen LogP contribution in [0.25, 0.3) is 0 Å². The number of ether oxygens (including phenoxy) is 1. The van der Waals surface area contributed by atoms with E-state index in [2.05, 4.69) is 0 Å². The lowest BCUT2D eigenvalue weighted by Gasteiger charge is -2.09. The highest BCUT2D eigenvalue weighted by molar-refractivity contribution is 6.01. The molecule has 0 saturated heterocycles. The molecule has 20 heavy (non-hydrogen) atoms. The molecule has 0 amide bonds. The van der Waals surface area contributed by atoms with Crippen LogP contribution in [-0.2, 0) is 19.1 Å². The number of carboxylic acid groups (broad SMARTS) is 2. The quantitative estimate of drug-likeness (QED) is 0.363. The molecule has 0 aromatic rings. The zero-order chi connectivity index (χ0) is 15.5. The van der Waals surface area contributed by atoms with Crippen LogP contribution in [0.4, 0.5) is 0 Å². The number of rotatable bonds is 10. The lowest BCUT2D eigenvalue weighted by atomic mass is 10.00. The van der Waals surface area contributed by atoms with E-state index in [1.165, 1.54) is 0 Å². The van der Waals surface area contributed by atoms with Gasteiger partial charge in [-0.3, -0.25) is 4.79 Å². The van der Waals surface area contributed by atoms with Crippen molar-refractivity contribution in [3.8, 4) is 0 Å². The second kappa shape index (κ2) is 10.00. The number of carbonyl (C=O) groups is 3. The Morgan fingerprint density at radius 1 is 0.900 bits per heavy atom. The maximum absolute atomic E-state index is 11.5. The van der Waals surface area contributed by atoms with Gasteiger partial charge in [0.25, 0.3) is 0 Å². The van der Waals surface area contributed by atoms with Crippen LogP contribution in [0.5, 0.6) is 0 Å². The number of aliphatic carboxylic acids is 2. The second-order valence-electron chi connectivity index (χ2n) is 4.42. The van der Waals surface area contributed by atoms with Crippen LogP contribution in [0, 0.1) is 0 Å². The van der Waals surface area contributed by atoms with Crippen molar-refractivity contribution in [1.82, 2.24) is 0 Å². The molecular weight excluding hydrogens is 264 g/mol. The van der Waals surface area contributed by atoms with E-state index in [9.17, 15) is 14.4 Å². The zero-order valence-electron chi connectivity index (χ0n) is 12.0. The topological polar surface area (TPSA) is 101 Å². The van der Waals surface area contributed by atoms with Crippen molar-refractivity contribution >= 4 is 17.9 Å². The Morgan fingerprint density at radius 3 is 1.90 bits per heavy atom. The van der Waals surface area contributed by atoms with Gasteiger partial charge in [0.15, 0.2) is 0 Å². The molecule has 0 aliphatic carbocycles. The summed E-state index contributed by atoms with van der Waals surface area (Å²) in [6.45, 7) is 4.03. The molecule has 6 heteroatoms. The molecule has 6 nitrogen and oxygen atoms in total. The van der Waals surface area contributed by atoms with Crippen LogP contribution in [0.2, 0.25) is 0 Å². The average Bonchev–Trinajstić information content (AvgIpc) is 2.37. The highest BCUT2D eigenvalue weighted by atomic mass is 16.5. The molecule has 0 aromatic heterocycles. The Balaban J connectivity index is 4.94. The molecule has 0 unspecified atom stereocenters. The fraction of sp³-hybridized carbons (Fsp3) is 0.643. The minimum atomic E-state index is -1.38. The summed E-state index contributed by atoms with van der Waals surface area (Å²) in [7, 11) is 0. The number of hydrogen-bond acceptors (Lipinski definition) is 4. The number of carbonyl (C=O) groups excluding carboxylic acids is 1. The maximum atomic E-state index is 11.5. The van der Waals surface area contributed by atoms with Crippen LogP contribution in [0.15, 0.2) is 11.1 Å². The van der Waals surface area contributed by atoms with Gasteiger partial charge in [-0.15, -0.1) is 0 Å². The molecule has 0 aromatic carbocycles. The fourth-order valence-corrected chi connectivity index (χ4v) is 1.58. The molecule has 0 aliphatic heterocycles. The summed E-state index contributed by atoms with van der Waals surface area (Å²) in [5.74, 6) is -3.38. The predicted octanol–water partition coefficient (Wildman–Crippen LogP) is 2.38. The molecule has 0 aliphatic rings. The predicted molar refractivity (Wildman–Crippen MR) is 72.3 cm³/mol. The standard InChI is InChI=1S/C14H22O6/c1-3-5-7-10(13(16)17)11(14(18)19)9-12(15)20-8-6-4-2/h3-9H2,1-2H3,(H,16,17)(H,18,19). The van der Waals surface area contributed by atoms with E-state index in [4.69, 9.17) is 14.9 Å². The Bertz CT molecular complexity index is 383. The van der Waals surface area contributed by atoms with Gasteiger partial charge in [0.1, 0.15) is 0 Å². The summed E-state index contributed by atoms with van der Waals surface area (Å²) in [6, 6.07) is 0. The summed E-state index contributed by atoms with van der Waals surface area (Å²) < 4.78 is 4.87. The molecule has 114 valence electrons. The Hall–Kier alpha value is -1.85. The van der Waals surface area contributed by atoms with Crippen molar-refractivity contribution in [2.75, 3.05) is 6.61 Å². The van der Waals surface area contributed by atoms with Gasteiger partial charge in [-0.1, -0.05) is 26.7 Å². The Labute approximate surface area is 118 Å². The van der Waals surface area contributed by atoms with Crippen molar-refractivity contribution in [1.29, 1.82) is 0 Å². The van der Waals surface area contributed by atoms with Gasteiger partial charge in [-0.05, 0) is 19.3 Å². The summed E-state index contributed by atoms with van der Waals surface area (Å²) in [6.07, 6.45) is 2.47. The van der Waals surface area contributed by atoms with Crippen LogP contribution in [0.3, 0.4) is 0 Å². The fourth-order valence-electron chi connectivity index (χ4n) is 1.58. The molecule has 0 fully saturated rings. The summed E-state index contributed by atoms with van der Waals surface area (Å²) in [5.41, 5.74) is -0.598. The highest BCUT2D eigenvalue weighted by Crippen LogP contribution is 2.17. The van der Waals surface area contributed by atoms with Gasteiger partial charge < -0.3 is 14.9 Å². The third-order valence-electron chi connectivity index (χ3n) is 2.74. The van der Waals surface area contributed by atoms with Gasteiger partial charge in [-0.2, -0.15) is 0 Å². The minimum Gasteiger partial charge on any atom is -0.478 e. The van der Waals surface area contributed by atoms with E-state index in [0.717, 1.165) is 12.8 Å². The SMILES string of the molecule is CCCCOC(=O)CC(C(=O)O)=C(CCCC)C(=O)O. The summed E-state index contributed by atoms with van der Waals surface area (Å²) in [5, 5.41) is 18.2. The molecule has 0 atom stereocenters. The molecule has 0 rings (SSSR count). The molecule has 0 heterocycles. The first-order chi connectivity index (χ1) is 9.43. The Morgan fingerprint density at radius 2 is 1.45 bits per heavy atom. The van der Waals surface area contributed by atoms with Gasteiger partial charge in [0, 0.05) is 5.57 Å². The average molecular weight is 286 g/mol. The largest absolute Gasteiger partial charge is 0.478 e. The van der Waals surface area contributed by atoms with Crippen molar-refractivity contribution in [2.24, 2.45) is 0 Å². The highest BCUT2D eigenvalue weighted by Gasteiger charge is 2.22. The smallest absolute Gasteiger partial charge is 0.332 e. The normalized spacial score (nSPS) is 11.7. The van der Waals surface area contributed by atoms with E-state index in [1.54, 1.807) is 0 Å². The first-order valence-corrected chi connectivity index (χ1v) is 6.78. The van der Waals surface area contributed by atoms with E-state index >= 15 is 0 Å². The molecule has 0 bridgehead atoms. The van der Waals surface area contributed by atoms with Crippen LogP contribution < -0.4 is 0 Å². The molecule has 2 N–H and O–H groups in total. The van der Waals surface area contributed by atoms with Crippen LogP contribution in [0.1, 0.15) is 52.4 Å². The van der Waals surface area contributed by atoms with Crippen molar-refractivity contribution in [3.05, 3.63) is 11.1 Å². The van der Waals surface area contributed by atoms with Crippen molar-refractivity contribution in [3.63, 3.8) is 0 Å². The summed E-state index contributed by atoms with van der Waals surface area (Å²) >= 11 is 0. The molecular formula is C14H22O6. The maximum Gasteiger partial charge on any atom is 0.332 e. The first kappa shape index (κ1) is 18.1. The van der Waals surface area contributed by atoms with Crippen LogP contribution in [-0.4, -0.2) is 34.7 Å². The van der Waals surface area contributed by atoms with Crippen molar-refractivity contribution in [2.45, 2.75) is 52.4 Å². The van der Waals surface area contributed by atoms with Gasteiger partial charge in [0.05, 0.1) is 18.6 Å². The molecule has 0 radical (unpaired) electrons. The van der Waals surface area contributed by atoms with Crippen molar-refractivity contribution < 1.29 is 29.3 Å². The number of esters is 1. The van der Waals surface area contributed by atoms with E-state index in [-0.39, 0.29) is 24.2 Å². The van der Waals surface area contributed by atoms with Crippen LogP contribution >= 0.6 is 0 Å². The van der Waals surface area contributed by atoms with E-state index in [0.29, 0.717) is 12.8 Å². The number of unbranched alkanes of at least 4 members (excludes halogenated alkanes) is 2. The molecule has 0 saturated carbocycles. The molecule has 0 spiro atoms. The zero-order valence-corrected chi connectivity index (χ0v) is 12.0. The summed E-state index contributed by atoms with van der Waals surface area (Å²) in [4.78, 5) is 33.8. The van der Waals surface area contributed by atoms with Gasteiger partial charge in [0.2, 0.25) is 0 Å².